The van der Waals surface area contributed by atoms with Gasteiger partial charge in [0, 0.05) is 33.8 Å². The minimum absolute atomic E-state index is 0.791. The number of unbranched alkanes of at least 4 members (excludes halogenated alkanes) is 4. The summed E-state index contributed by atoms with van der Waals surface area (Å²) in [7, 11) is 8.22. The molecule has 1 fully saturated rings. The van der Waals surface area contributed by atoms with Crippen molar-refractivity contribution < 1.29 is 4.74 Å². The van der Waals surface area contributed by atoms with Crippen molar-refractivity contribution in [2.24, 2.45) is 10.9 Å². The van der Waals surface area contributed by atoms with E-state index in [4.69, 9.17) is 4.74 Å². The fourth-order valence-electron chi connectivity index (χ4n) is 2.51. The van der Waals surface area contributed by atoms with Crippen molar-refractivity contribution in [2.45, 2.75) is 44.9 Å². The summed E-state index contributed by atoms with van der Waals surface area (Å²) in [4.78, 5) is 8.77. The molecule has 0 bridgehead atoms. The summed E-state index contributed by atoms with van der Waals surface area (Å²) in [5.41, 5.74) is 0. The van der Waals surface area contributed by atoms with Crippen molar-refractivity contribution in [3.05, 3.63) is 0 Å². The molecule has 0 aromatic carbocycles. The highest BCUT2D eigenvalue weighted by Gasteiger charge is 2.21. The monoisotopic (exact) mass is 326 g/mol. The lowest BCUT2D eigenvalue weighted by Gasteiger charge is -2.22. The molecule has 0 radical (unpaired) electrons. The third-order valence-electron chi connectivity index (χ3n) is 4.26. The van der Waals surface area contributed by atoms with Crippen molar-refractivity contribution >= 4 is 5.96 Å². The molecule has 1 N–H and O–H groups in total. The van der Waals surface area contributed by atoms with Crippen LogP contribution in [0.4, 0.5) is 0 Å². The Morgan fingerprint density at radius 3 is 2.39 bits per heavy atom. The maximum absolute atomic E-state index is 5.69. The van der Waals surface area contributed by atoms with Gasteiger partial charge in [-0.25, -0.2) is 0 Å². The Kier molecular flexibility index (Phi) is 11.1. The number of nitrogens with one attached hydrogen (secondary N) is 1. The van der Waals surface area contributed by atoms with Crippen molar-refractivity contribution in [2.75, 3.05) is 61.0 Å². The van der Waals surface area contributed by atoms with Crippen molar-refractivity contribution in [3.8, 4) is 0 Å². The second kappa shape index (κ2) is 12.6. The van der Waals surface area contributed by atoms with Gasteiger partial charge < -0.3 is 19.9 Å². The lowest BCUT2D eigenvalue weighted by atomic mass is 10.1. The fraction of sp³-hybridized carbons (Fsp3) is 0.944. The van der Waals surface area contributed by atoms with E-state index in [1.165, 1.54) is 51.5 Å². The van der Waals surface area contributed by atoms with Gasteiger partial charge in [0.05, 0.1) is 6.61 Å². The number of likely N-dealkylation sites (N-methyl/N-ethyl adjacent to an activating group) is 1. The number of aliphatic imine (C=N–C) groups is 1. The first kappa shape index (κ1) is 20.2. The summed E-state index contributed by atoms with van der Waals surface area (Å²) < 4.78 is 5.69. The van der Waals surface area contributed by atoms with Crippen LogP contribution in [0.15, 0.2) is 4.99 Å². The van der Waals surface area contributed by atoms with Gasteiger partial charge in [-0.1, -0.05) is 19.3 Å². The highest BCUT2D eigenvalue weighted by Crippen LogP contribution is 2.28. The average Bonchev–Trinajstić information content (AvgIpc) is 3.34. The van der Waals surface area contributed by atoms with E-state index in [0.29, 0.717) is 0 Å². The molecule has 0 aliphatic heterocycles. The third kappa shape index (κ3) is 11.4. The number of guanidine groups is 1. The van der Waals surface area contributed by atoms with E-state index in [1.807, 2.05) is 7.05 Å². The van der Waals surface area contributed by atoms with Crippen LogP contribution >= 0.6 is 0 Å². The Morgan fingerprint density at radius 2 is 1.74 bits per heavy atom. The third-order valence-corrected chi connectivity index (χ3v) is 4.26. The average molecular weight is 327 g/mol. The van der Waals surface area contributed by atoms with Gasteiger partial charge in [-0.05, 0) is 52.2 Å². The molecule has 0 unspecified atom stereocenters. The lowest BCUT2D eigenvalue weighted by Crippen LogP contribution is -2.40. The lowest BCUT2D eigenvalue weighted by molar-refractivity contribution is 0.115. The van der Waals surface area contributed by atoms with Crippen LogP contribution in [0.5, 0.6) is 0 Å². The van der Waals surface area contributed by atoms with Crippen molar-refractivity contribution in [1.82, 2.24) is 15.1 Å². The zero-order chi connectivity index (χ0) is 16.9. The predicted molar refractivity (Wildman–Crippen MR) is 99.2 cm³/mol. The number of nitrogens with zero attached hydrogens (tertiary/aromatic N) is 3. The van der Waals surface area contributed by atoms with E-state index < -0.39 is 0 Å². The Balaban J connectivity index is 1.95. The maximum Gasteiger partial charge on any atom is 0.193 e. The van der Waals surface area contributed by atoms with Gasteiger partial charge in [0.1, 0.15) is 0 Å². The van der Waals surface area contributed by atoms with Crippen molar-refractivity contribution in [1.29, 1.82) is 0 Å². The molecule has 136 valence electrons. The van der Waals surface area contributed by atoms with Gasteiger partial charge in [0.25, 0.3) is 0 Å². The molecule has 5 nitrogen and oxygen atoms in total. The minimum Gasteiger partial charge on any atom is -0.379 e. The minimum atomic E-state index is 0.791. The highest BCUT2D eigenvalue weighted by atomic mass is 16.5. The molecule has 23 heavy (non-hydrogen) atoms. The largest absolute Gasteiger partial charge is 0.379 e. The zero-order valence-electron chi connectivity index (χ0n) is 15.8. The van der Waals surface area contributed by atoms with Gasteiger partial charge in [-0.3, -0.25) is 4.99 Å². The molecular weight excluding hydrogens is 288 g/mol. The van der Waals surface area contributed by atoms with E-state index in [1.54, 1.807) is 0 Å². The van der Waals surface area contributed by atoms with E-state index in [2.05, 4.69) is 41.3 Å². The number of hydrogen-bond acceptors (Lipinski definition) is 3. The number of ether oxygens (including phenoxy) is 1. The fourth-order valence-corrected chi connectivity index (χ4v) is 2.51. The molecule has 0 aromatic rings. The molecule has 5 heteroatoms. The molecule has 1 aliphatic rings. The first-order chi connectivity index (χ1) is 11.1. The summed E-state index contributed by atoms with van der Waals surface area (Å²) in [5, 5.41) is 3.45. The normalized spacial score (nSPS) is 15.3. The second-order valence-corrected chi connectivity index (χ2v) is 6.98. The maximum atomic E-state index is 5.69. The Hall–Kier alpha value is -0.810. The summed E-state index contributed by atoms with van der Waals surface area (Å²) in [6.07, 6.45) is 9.21. The Morgan fingerprint density at radius 1 is 1.04 bits per heavy atom. The second-order valence-electron chi connectivity index (χ2n) is 6.98. The molecule has 0 saturated heterocycles. The van der Waals surface area contributed by atoms with Crippen LogP contribution < -0.4 is 5.32 Å². The number of rotatable bonds is 13. The van der Waals surface area contributed by atoms with Crippen LogP contribution in [0.1, 0.15) is 44.9 Å². The molecule has 0 heterocycles. The quantitative estimate of drug-likeness (QED) is 0.321. The van der Waals surface area contributed by atoms with Crippen LogP contribution in [0.3, 0.4) is 0 Å². The molecule has 0 spiro atoms. The summed E-state index contributed by atoms with van der Waals surface area (Å²) >= 11 is 0. The molecule has 1 saturated carbocycles. The molecule has 1 aliphatic carbocycles. The van der Waals surface area contributed by atoms with Crippen LogP contribution in [0.25, 0.3) is 0 Å². The summed E-state index contributed by atoms with van der Waals surface area (Å²) in [5.74, 6) is 1.82. The van der Waals surface area contributed by atoms with Crippen LogP contribution in [0, 0.1) is 5.92 Å². The standard InChI is InChI=1S/C18H38N4O/c1-19-18(22(4)14-15-23-16-17-10-11-17)20-12-8-6-5-7-9-13-21(2)3/h17H,5-16H2,1-4H3,(H,19,20). The van der Waals surface area contributed by atoms with E-state index in [0.717, 1.165) is 38.2 Å². The van der Waals surface area contributed by atoms with Crippen LogP contribution in [0.2, 0.25) is 0 Å². The number of hydrogen-bond donors (Lipinski definition) is 1. The van der Waals surface area contributed by atoms with Gasteiger partial charge in [0.2, 0.25) is 0 Å². The Bertz CT molecular complexity index is 316. The summed E-state index contributed by atoms with van der Waals surface area (Å²) in [6.45, 7) is 4.84. The van der Waals surface area contributed by atoms with Gasteiger partial charge in [-0.2, -0.15) is 0 Å². The topological polar surface area (TPSA) is 40.1 Å². The smallest absolute Gasteiger partial charge is 0.193 e. The van der Waals surface area contributed by atoms with Crippen molar-refractivity contribution in [3.63, 3.8) is 0 Å². The highest BCUT2D eigenvalue weighted by molar-refractivity contribution is 5.79. The summed E-state index contributed by atoms with van der Waals surface area (Å²) in [6, 6.07) is 0. The van der Waals surface area contributed by atoms with E-state index in [-0.39, 0.29) is 0 Å². The van der Waals surface area contributed by atoms with Gasteiger partial charge in [0.15, 0.2) is 5.96 Å². The van der Waals surface area contributed by atoms with Gasteiger partial charge in [-0.15, -0.1) is 0 Å². The molecule has 0 aromatic heterocycles. The van der Waals surface area contributed by atoms with E-state index in [9.17, 15) is 0 Å². The SMILES string of the molecule is CN=C(NCCCCCCCN(C)C)N(C)CCOCC1CC1. The van der Waals surface area contributed by atoms with E-state index >= 15 is 0 Å². The molecule has 1 rings (SSSR count). The first-order valence-corrected chi connectivity index (χ1v) is 9.27. The Labute approximate surface area is 143 Å². The zero-order valence-corrected chi connectivity index (χ0v) is 15.8. The predicted octanol–water partition coefficient (Wildman–Crippen LogP) is 2.43. The van der Waals surface area contributed by atoms with Crippen LogP contribution in [-0.4, -0.2) is 76.8 Å². The molecule has 0 amide bonds. The van der Waals surface area contributed by atoms with Gasteiger partial charge >= 0.3 is 0 Å². The molecule has 0 atom stereocenters. The molecular formula is C18H38N4O. The first-order valence-electron chi connectivity index (χ1n) is 9.27. The van der Waals surface area contributed by atoms with Crippen LogP contribution in [-0.2, 0) is 4.74 Å².